The SMILES string of the molecule is CCCCCCCCOP(=O)([O-])Oc1ccccc1.CCCCCCCCOP(=O)([O-])Oc1ccccc1.CCCCCCCCOP(=O)([O-])Oc1ccccc1.[Al+3]. The number of para-hydroxylation sites is 3. The van der Waals surface area contributed by atoms with Gasteiger partial charge in [-0.25, -0.2) is 0 Å². The first kappa shape index (κ1) is 56.0. The van der Waals surface area contributed by atoms with E-state index in [-0.39, 0.29) is 54.4 Å². The van der Waals surface area contributed by atoms with Gasteiger partial charge in [0.1, 0.15) is 17.2 Å². The van der Waals surface area contributed by atoms with Crippen LogP contribution in [0.3, 0.4) is 0 Å². The van der Waals surface area contributed by atoms with E-state index in [2.05, 4.69) is 20.8 Å². The van der Waals surface area contributed by atoms with Crippen molar-refractivity contribution in [1.29, 1.82) is 0 Å². The molecular weight excluding hydrogens is 816 g/mol. The molecule has 0 fully saturated rings. The Morgan fingerprint density at radius 3 is 0.793 bits per heavy atom. The Kier molecular flexibility index (Phi) is 34.6. The first-order valence-corrected chi connectivity index (χ1v) is 24.9. The predicted octanol–water partition coefficient (Wildman–Crippen LogP) is 11.4. The summed E-state index contributed by atoms with van der Waals surface area (Å²) in [6.45, 7) is 7.08. The monoisotopic (exact) mass is 882 g/mol. The zero-order chi connectivity index (χ0) is 41.9. The molecule has 0 bridgehead atoms. The van der Waals surface area contributed by atoms with Crippen LogP contribution in [-0.4, -0.2) is 37.2 Å². The fourth-order valence-corrected chi connectivity index (χ4v) is 7.44. The van der Waals surface area contributed by atoms with E-state index in [0.717, 1.165) is 57.8 Å². The topological polar surface area (TPSA) is 176 Å². The van der Waals surface area contributed by atoms with Crippen molar-refractivity contribution >= 4 is 40.8 Å². The minimum atomic E-state index is -4.23. The van der Waals surface area contributed by atoms with Gasteiger partial charge in [0.2, 0.25) is 0 Å². The van der Waals surface area contributed by atoms with E-state index in [9.17, 15) is 28.4 Å². The fraction of sp³-hybridized carbons (Fsp3) is 0.571. The summed E-state index contributed by atoms with van der Waals surface area (Å²) in [6, 6.07) is 25.1. The van der Waals surface area contributed by atoms with Crippen molar-refractivity contribution in [3.8, 4) is 17.2 Å². The molecule has 324 valence electrons. The van der Waals surface area contributed by atoms with Crippen molar-refractivity contribution in [2.75, 3.05) is 19.8 Å². The maximum Gasteiger partial charge on any atom is 3.00 e. The average Bonchev–Trinajstić information content (AvgIpc) is 3.18. The summed E-state index contributed by atoms with van der Waals surface area (Å²) in [5, 5.41) is 0. The molecule has 12 nitrogen and oxygen atoms in total. The van der Waals surface area contributed by atoms with Crippen LogP contribution in [0.25, 0.3) is 0 Å². The Balaban J connectivity index is 0.000000833. The van der Waals surface area contributed by atoms with Crippen LogP contribution >= 0.6 is 23.5 Å². The first-order valence-electron chi connectivity index (χ1n) is 20.5. The van der Waals surface area contributed by atoms with Crippen LogP contribution in [0.5, 0.6) is 17.2 Å². The summed E-state index contributed by atoms with van der Waals surface area (Å²) in [4.78, 5) is 34.6. The summed E-state index contributed by atoms with van der Waals surface area (Å²) in [5.41, 5.74) is 0. The second kappa shape index (κ2) is 35.8. The van der Waals surface area contributed by atoms with E-state index in [1.807, 2.05) is 0 Å². The molecule has 3 aromatic rings. The van der Waals surface area contributed by atoms with Gasteiger partial charge in [0.25, 0.3) is 0 Å². The molecule has 58 heavy (non-hydrogen) atoms. The van der Waals surface area contributed by atoms with Gasteiger partial charge in [0.05, 0.1) is 19.8 Å². The number of phosphoric ester groups is 3. The molecule has 0 saturated heterocycles. The normalized spacial score (nSPS) is 13.8. The number of hydrogen-bond donors (Lipinski definition) is 0. The van der Waals surface area contributed by atoms with Gasteiger partial charge < -0.3 is 41.8 Å². The smallest absolute Gasteiger partial charge is 0.746 e. The number of hydrogen-bond acceptors (Lipinski definition) is 12. The number of phosphoric acid groups is 3. The second-order valence-corrected chi connectivity index (χ2v) is 17.4. The van der Waals surface area contributed by atoms with Crippen molar-refractivity contribution in [2.45, 2.75) is 136 Å². The number of rotatable bonds is 30. The van der Waals surface area contributed by atoms with Gasteiger partial charge in [0, 0.05) is 0 Å². The molecule has 0 amide bonds. The average molecular weight is 883 g/mol. The molecule has 3 unspecified atom stereocenters. The summed E-state index contributed by atoms with van der Waals surface area (Å²) in [6.07, 6.45) is 19.5. The molecule has 0 spiro atoms. The van der Waals surface area contributed by atoms with Crippen LogP contribution < -0.4 is 28.3 Å². The third-order valence-corrected chi connectivity index (χ3v) is 10.9. The van der Waals surface area contributed by atoms with E-state index in [0.29, 0.717) is 0 Å². The van der Waals surface area contributed by atoms with Crippen LogP contribution in [0, 0.1) is 0 Å². The molecule has 0 aliphatic heterocycles. The molecule has 0 heterocycles. The van der Waals surface area contributed by atoms with Crippen LogP contribution in [0.1, 0.15) is 136 Å². The van der Waals surface area contributed by atoms with Crippen LogP contribution in [0.15, 0.2) is 91.0 Å². The van der Waals surface area contributed by atoms with Crippen molar-refractivity contribution < 1.29 is 55.5 Å². The minimum Gasteiger partial charge on any atom is -0.746 e. The van der Waals surface area contributed by atoms with E-state index in [1.54, 1.807) is 91.0 Å². The largest absolute Gasteiger partial charge is 3.00 e. The Bertz CT molecular complexity index is 1330. The van der Waals surface area contributed by atoms with E-state index in [4.69, 9.17) is 27.1 Å². The molecule has 0 aliphatic rings. The Morgan fingerprint density at radius 2 is 0.569 bits per heavy atom. The van der Waals surface area contributed by atoms with Gasteiger partial charge in [-0.2, -0.15) is 0 Å². The molecule has 3 atom stereocenters. The van der Waals surface area contributed by atoms with Gasteiger partial charge in [-0.15, -0.1) is 0 Å². The fourth-order valence-electron chi connectivity index (χ4n) is 5.09. The number of benzene rings is 3. The molecule has 3 rings (SSSR count). The van der Waals surface area contributed by atoms with Crippen LogP contribution in [0.2, 0.25) is 0 Å². The number of unbranched alkanes of at least 4 members (excludes halogenated alkanes) is 15. The van der Waals surface area contributed by atoms with Crippen molar-refractivity contribution in [3.63, 3.8) is 0 Å². The Morgan fingerprint density at radius 1 is 0.362 bits per heavy atom. The summed E-state index contributed by atoms with van der Waals surface area (Å²) < 4.78 is 63.5. The zero-order valence-electron chi connectivity index (χ0n) is 34.8. The molecular formula is C42H66AlO12P3. The molecule has 0 radical (unpaired) electrons. The molecule has 0 aromatic heterocycles. The third kappa shape index (κ3) is 33.8. The maximum absolute atomic E-state index is 11.5. The third-order valence-electron chi connectivity index (χ3n) is 8.12. The Hall–Kier alpha value is -1.96. The molecule has 0 aliphatic carbocycles. The second-order valence-electron chi connectivity index (χ2n) is 13.4. The van der Waals surface area contributed by atoms with Crippen molar-refractivity contribution in [1.82, 2.24) is 0 Å². The van der Waals surface area contributed by atoms with E-state index >= 15 is 0 Å². The standard InChI is InChI=1S/3C14H23O4P.Al/c3*1-2-3-4-5-6-10-13-17-19(15,16)18-14-11-8-7-9-12-14;/h3*7-9,11-12H,2-6,10,13H2,1H3,(H,15,16);/q;;;+3/p-3. The molecule has 0 saturated carbocycles. The van der Waals surface area contributed by atoms with Crippen LogP contribution in [0.4, 0.5) is 0 Å². The van der Waals surface area contributed by atoms with Gasteiger partial charge >= 0.3 is 40.8 Å². The quantitative estimate of drug-likeness (QED) is 0.0352. The Labute approximate surface area is 359 Å². The van der Waals surface area contributed by atoms with Gasteiger partial charge in [-0.05, 0) is 55.7 Å². The molecule has 0 N–H and O–H groups in total. The van der Waals surface area contributed by atoms with Crippen molar-refractivity contribution in [2.24, 2.45) is 0 Å². The maximum atomic E-state index is 11.5. The van der Waals surface area contributed by atoms with Crippen LogP contribution in [-0.2, 0) is 27.3 Å². The molecule has 3 aromatic carbocycles. The summed E-state index contributed by atoms with van der Waals surface area (Å²) >= 11 is 0. The minimum absolute atomic E-state index is 0. The zero-order valence-corrected chi connectivity index (χ0v) is 38.7. The van der Waals surface area contributed by atoms with Gasteiger partial charge in [-0.1, -0.05) is 172 Å². The van der Waals surface area contributed by atoms with Gasteiger partial charge in [-0.3, -0.25) is 13.7 Å². The van der Waals surface area contributed by atoms with Gasteiger partial charge in [0.15, 0.2) is 0 Å². The molecule has 16 heteroatoms. The van der Waals surface area contributed by atoms with Crippen molar-refractivity contribution in [3.05, 3.63) is 91.0 Å². The predicted molar refractivity (Wildman–Crippen MR) is 228 cm³/mol. The van der Waals surface area contributed by atoms with E-state index in [1.165, 1.54) is 57.8 Å². The van der Waals surface area contributed by atoms with E-state index < -0.39 is 23.5 Å². The summed E-state index contributed by atoms with van der Waals surface area (Å²) in [7, 11) is -12.7. The first-order chi connectivity index (χ1) is 27.4. The summed E-state index contributed by atoms with van der Waals surface area (Å²) in [5.74, 6) is 0.844.